The fraction of sp³-hybridized carbons (Fsp3) is 0.565. The van der Waals surface area contributed by atoms with E-state index >= 15 is 0 Å². The zero-order valence-corrected chi connectivity index (χ0v) is 18.8. The summed E-state index contributed by atoms with van der Waals surface area (Å²) < 4.78 is 13.2. The van der Waals surface area contributed by atoms with Crippen LogP contribution in [-0.2, 0) is 10.8 Å². The molecule has 30 heavy (non-hydrogen) atoms. The second kappa shape index (κ2) is 8.63. The van der Waals surface area contributed by atoms with E-state index in [9.17, 15) is 13.8 Å². The van der Waals surface area contributed by atoms with E-state index in [0.717, 1.165) is 43.1 Å². The molecule has 1 aromatic heterocycles. The Labute approximate surface area is 180 Å². The first-order valence-corrected chi connectivity index (χ1v) is 12.6. The van der Waals surface area contributed by atoms with Crippen molar-refractivity contribution in [2.24, 2.45) is 0 Å². The smallest absolute Gasteiger partial charge is 0.264 e. The molecular formula is C23H31N3O3S. The van der Waals surface area contributed by atoms with Crippen molar-refractivity contribution >= 4 is 27.6 Å². The summed E-state index contributed by atoms with van der Waals surface area (Å²) in [6.07, 6.45) is 5.80. The summed E-state index contributed by atoms with van der Waals surface area (Å²) in [4.78, 5) is 28.7. The van der Waals surface area contributed by atoms with Crippen molar-refractivity contribution in [3.63, 3.8) is 0 Å². The van der Waals surface area contributed by atoms with Crippen LogP contribution in [0.5, 0.6) is 0 Å². The molecule has 2 saturated heterocycles. The number of nitrogens with one attached hydrogen (secondary N) is 1. The second-order valence-electron chi connectivity index (χ2n) is 8.93. The predicted octanol–water partition coefficient (Wildman–Crippen LogP) is 2.69. The van der Waals surface area contributed by atoms with Crippen LogP contribution in [0.4, 0.5) is 0 Å². The molecule has 0 spiro atoms. The van der Waals surface area contributed by atoms with E-state index in [4.69, 9.17) is 0 Å². The van der Waals surface area contributed by atoms with Gasteiger partial charge in [-0.2, -0.15) is 0 Å². The largest absolute Gasteiger partial charge is 0.349 e. The van der Waals surface area contributed by atoms with E-state index in [-0.39, 0.29) is 29.1 Å². The molecule has 2 bridgehead atoms. The zero-order valence-electron chi connectivity index (χ0n) is 18.0. The highest BCUT2D eigenvalue weighted by Gasteiger charge is 2.41. The number of nitrogens with zero attached hydrogens (tertiary/aromatic N) is 2. The normalized spacial score (nSPS) is 25.0. The van der Waals surface area contributed by atoms with Gasteiger partial charge in [0.1, 0.15) is 5.56 Å². The van der Waals surface area contributed by atoms with E-state index in [2.05, 4.69) is 10.2 Å². The van der Waals surface area contributed by atoms with Gasteiger partial charge in [-0.1, -0.05) is 18.2 Å². The lowest BCUT2D eigenvalue weighted by atomic mass is 9.97. The van der Waals surface area contributed by atoms with Gasteiger partial charge in [0.05, 0.1) is 5.52 Å². The number of carbonyl (C=O) groups is 1. The van der Waals surface area contributed by atoms with E-state index < -0.39 is 10.8 Å². The Hall–Kier alpha value is -1.99. The van der Waals surface area contributed by atoms with E-state index in [0.29, 0.717) is 17.8 Å². The van der Waals surface area contributed by atoms with Gasteiger partial charge < -0.3 is 9.88 Å². The SMILES string of the molecule is CC(C)n1c(=O)c(C(=O)NC2CC3CCC(C2)N3CCS(C)=O)cc2ccccc21. The monoisotopic (exact) mass is 429 g/mol. The van der Waals surface area contributed by atoms with Crippen LogP contribution >= 0.6 is 0 Å². The maximum atomic E-state index is 13.1. The molecule has 0 saturated carbocycles. The lowest BCUT2D eigenvalue weighted by Gasteiger charge is -2.39. The molecule has 7 heteroatoms. The number of hydrogen-bond acceptors (Lipinski definition) is 4. The van der Waals surface area contributed by atoms with E-state index in [1.807, 2.05) is 38.1 Å². The van der Waals surface area contributed by atoms with E-state index in [1.54, 1.807) is 16.9 Å². The molecule has 2 aliphatic heterocycles. The third kappa shape index (κ3) is 4.10. The summed E-state index contributed by atoms with van der Waals surface area (Å²) in [7, 11) is -0.781. The van der Waals surface area contributed by atoms with Crippen LogP contribution in [0.25, 0.3) is 10.9 Å². The number of carbonyl (C=O) groups excluding carboxylic acids is 1. The number of aromatic nitrogens is 1. The first kappa shape index (κ1) is 21.2. The molecule has 0 aliphatic carbocycles. The molecule has 3 atom stereocenters. The number of para-hydroxylation sites is 1. The first-order chi connectivity index (χ1) is 14.3. The van der Waals surface area contributed by atoms with Gasteiger partial charge >= 0.3 is 0 Å². The minimum atomic E-state index is -0.781. The molecule has 0 radical (unpaired) electrons. The number of benzene rings is 1. The van der Waals surface area contributed by atoms with Crippen molar-refractivity contribution in [1.82, 2.24) is 14.8 Å². The predicted molar refractivity (Wildman–Crippen MR) is 122 cm³/mol. The molecule has 1 amide bonds. The first-order valence-electron chi connectivity index (χ1n) is 10.9. The standard InChI is InChI=1S/C23H31N3O3S/c1-15(2)26-21-7-5-4-6-16(21)12-20(23(26)28)22(27)24-17-13-18-8-9-19(14-17)25(18)10-11-30(3)29/h4-7,12,15,17-19H,8-11,13-14H2,1-3H3,(H,24,27). The molecule has 2 aromatic rings. The van der Waals surface area contributed by atoms with Gasteiger partial charge in [-0.3, -0.25) is 18.7 Å². The summed E-state index contributed by atoms with van der Waals surface area (Å²) in [5, 5.41) is 4.06. The number of amides is 1. The average Bonchev–Trinajstić information content (AvgIpc) is 2.93. The van der Waals surface area contributed by atoms with Crippen LogP contribution in [0.1, 0.15) is 55.9 Å². The van der Waals surface area contributed by atoms with Crippen LogP contribution in [0.15, 0.2) is 35.1 Å². The molecule has 6 nitrogen and oxygen atoms in total. The second-order valence-corrected chi connectivity index (χ2v) is 10.5. The highest BCUT2D eigenvalue weighted by molar-refractivity contribution is 7.84. The van der Waals surface area contributed by atoms with Crippen molar-refractivity contribution in [2.75, 3.05) is 18.6 Å². The van der Waals surface area contributed by atoms with Crippen LogP contribution in [0, 0.1) is 0 Å². The minimum Gasteiger partial charge on any atom is -0.349 e. The fourth-order valence-corrected chi connectivity index (χ4v) is 5.68. The van der Waals surface area contributed by atoms with Crippen molar-refractivity contribution in [3.05, 3.63) is 46.2 Å². The molecule has 4 rings (SSSR count). The number of hydrogen-bond donors (Lipinski definition) is 1. The van der Waals surface area contributed by atoms with Crippen LogP contribution in [-0.4, -0.2) is 56.3 Å². The van der Waals surface area contributed by atoms with Gasteiger partial charge in [-0.25, -0.2) is 0 Å². The zero-order chi connectivity index (χ0) is 21.4. The fourth-order valence-electron chi connectivity index (χ4n) is 5.21. The van der Waals surface area contributed by atoms with Crippen molar-refractivity contribution in [1.29, 1.82) is 0 Å². The molecule has 162 valence electrons. The number of rotatable bonds is 6. The van der Waals surface area contributed by atoms with Gasteiger partial charge in [0.15, 0.2) is 0 Å². The molecular weight excluding hydrogens is 398 g/mol. The molecule has 3 heterocycles. The van der Waals surface area contributed by atoms with Crippen LogP contribution in [0.3, 0.4) is 0 Å². The molecule has 2 aliphatic rings. The summed E-state index contributed by atoms with van der Waals surface area (Å²) in [5.74, 6) is 0.434. The van der Waals surface area contributed by atoms with E-state index in [1.165, 1.54) is 0 Å². The highest BCUT2D eigenvalue weighted by Crippen LogP contribution is 2.35. The topological polar surface area (TPSA) is 71.4 Å². The lowest BCUT2D eigenvalue weighted by molar-refractivity contribution is 0.0856. The Balaban J connectivity index is 1.53. The van der Waals surface area contributed by atoms with Crippen LogP contribution < -0.4 is 10.9 Å². The van der Waals surface area contributed by atoms with Gasteiger partial charge in [0.2, 0.25) is 0 Å². The van der Waals surface area contributed by atoms with Crippen molar-refractivity contribution in [2.45, 2.75) is 63.7 Å². The van der Waals surface area contributed by atoms with Crippen molar-refractivity contribution in [3.8, 4) is 0 Å². The Kier molecular flexibility index (Phi) is 6.11. The van der Waals surface area contributed by atoms with Gasteiger partial charge in [-0.05, 0) is 57.0 Å². The summed E-state index contributed by atoms with van der Waals surface area (Å²) in [6, 6.07) is 10.4. The maximum absolute atomic E-state index is 13.1. The van der Waals surface area contributed by atoms with Gasteiger partial charge in [0, 0.05) is 53.5 Å². The lowest BCUT2D eigenvalue weighted by Crippen LogP contribution is -2.51. The van der Waals surface area contributed by atoms with Crippen molar-refractivity contribution < 1.29 is 9.00 Å². The Morgan fingerprint density at radius 2 is 1.87 bits per heavy atom. The Morgan fingerprint density at radius 1 is 1.20 bits per heavy atom. The number of pyridine rings is 1. The number of piperidine rings is 1. The third-order valence-electron chi connectivity index (χ3n) is 6.56. The van der Waals surface area contributed by atoms with Crippen LogP contribution in [0.2, 0.25) is 0 Å². The Morgan fingerprint density at radius 3 is 2.50 bits per heavy atom. The molecule has 1 aromatic carbocycles. The summed E-state index contributed by atoms with van der Waals surface area (Å²) in [5.41, 5.74) is 0.847. The quantitative estimate of drug-likeness (QED) is 0.766. The molecule has 2 fully saturated rings. The third-order valence-corrected chi connectivity index (χ3v) is 7.32. The maximum Gasteiger partial charge on any atom is 0.264 e. The molecule has 1 N–H and O–H groups in total. The van der Waals surface area contributed by atoms with Gasteiger partial charge in [0.25, 0.3) is 11.5 Å². The highest BCUT2D eigenvalue weighted by atomic mass is 32.2. The number of fused-ring (bicyclic) bond motifs is 3. The summed E-state index contributed by atoms with van der Waals surface area (Å²) >= 11 is 0. The van der Waals surface area contributed by atoms with Gasteiger partial charge in [-0.15, -0.1) is 0 Å². The Bertz CT molecular complexity index is 1020. The average molecular weight is 430 g/mol. The minimum absolute atomic E-state index is 0.0293. The molecule has 3 unspecified atom stereocenters. The summed E-state index contributed by atoms with van der Waals surface area (Å²) in [6.45, 7) is 4.79.